The van der Waals surface area contributed by atoms with Gasteiger partial charge in [0.1, 0.15) is 11.6 Å². The Kier molecular flexibility index (Phi) is 14.8. The van der Waals surface area contributed by atoms with Crippen molar-refractivity contribution in [3.8, 4) is 23.0 Å². The van der Waals surface area contributed by atoms with Crippen molar-refractivity contribution in [1.82, 2.24) is 30.2 Å². The molecule has 4 aliphatic heterocycles. The van der Waals surface area contributed by atoms with E-state index in [1.54, 1.807) is 24.3 Å². The van der Waals surface area contributed by atoms with Crippen LogP contribution in [-0.2, 0) is 6.54 Å². The lowest BCUT2D eigenvalue weighted by molar-refractivity contribution is 0.111. The van der Waals surface area contributed by atoms with E-state index in [2.05, 4.69) is 46.0 Å². The van der Waals surface area contributed by atoms with Gasteiger partial charge in [0.05, 0.1) is 18.2 Å². The maximum Gasteiger partial charge on any atom is 0.252 e. The van der Waals surface area contributed by atoms with E-state index < -0.39 is 0 Å². The number of para-hydroxylation sites is 2. The largest absolute Gasteiger partial charge is 0.454 e. The quantitative estimate of drug-likeness (QED) is 0.261. The first-order valence-corrected chi connectivity index (χ1v) is 15.3. The molecule has 270 valence electrons. The van der Waals surface area contributed by atoms with Gasteiger partial charge in [0.2, 0.25) is 13.6 Å². The summed E-state index contributed by atoms with van der Waals surface area (Å²) in [4.78, 5) is 52.8. The van der Waals surface area contributed by atoms with E-state index in [1.165, 1.54) is 18.7 Å². The van der Waals surface area contributed by atoms with Crippen LogP contribution in [0.4, 0.5) is 11.6 Å². The van der Waals surface area contributed by atoms with Gasteiger partial charge in [0, 0.05) is 76.6 Å². The van der Waals surface area contributed by atoms with E-state index in [-0.39, 0.29) is 40.2 Å². The van der Waals surface area contributed by atoms with Gasteiger partial charge in [-0.05, 0) is 18.2 Å². The number of piperazine rings is 2. The lowest BCUT2D eigenvalue weighted by Gasteiger charge is -2.35. The topological polar surface area (TPSA) is 167 Å². The van der Waals surface area contributed by atoms with Gasteiger partial charge in [0.25, 0.3) is 11.1 Å². The number of hydrogen-bond acceptors (Lipinski definition) is 13. The molecule has 15 heteroatoms. The van der Waals surface area contributed by atoms with Crippen LogP contribution in [0.3, 0.4) is 0 Å². The van der Waals surface area contributed by atoms with Crippen LogP contribution in [0.1, 0.15) is 38.2 Å². The first-order chi connectivity index (χ1) is 23.1. The molecule has 50 heavy (non-hydrogen) atoms. The van der Waals surface area contributed by atoms with Crippen LogP contribution in [0.25, 0.3) is 0 Å². The van der Waals surface area contributed by atoms with Crippen molar-refractivity contribution in [3.05, 3.63) is 93.0 Å². The number of fused-ring (bicyclic) bond motifs is 2. The molecular weight excluding hydrogens is 644 g/mol. The molecule has 0 atom stereocenters. The van der Waals surface area contributed by atoms with E-state index in [4.69, 9.17) is 18.9 Å². The molecule has 3 N–H and O–H groups in total. The molecule has 6 heterocycles. The van der Waals surface area contributed by atoms with Crippen LogP contribution in [-0.4, -0.2) is 97.1 Å². The first-order valence-electron chi connectivity index (χ1n) is 15.3. The summed E-state index contributed by atoms with van der Waals surface area (Å²) in [5.41, 5.74) is 1.49. The van der Waals surface area contributed by atoms with Gasteiger partial charge < -0.3 is 44.0 Å². The van der Waals surface area contributed by atoms with Gasteiger partial charge >= 0.3 is 0 Å². The van der Waals surface area contributed by atoms with E-state index in [9.17, 15) is 14.4 Å². The van der Waals surface area contributed by atoms with Crippen molar-refractivity contribution in [3.63, 3.8) is 0 Å². The minimum atomic E-state index is -0.116. The molecule has 0 aliphatic carbocycles. The molecule has 2 aromatic carbocycles. The van der Waals surface area contributed by atoms with Crippen LogP contribution < -0.4 is 45.2 Å². The van der Waals surface area contributed by atoms with Crippen LogP contribution in [0.15, 0.2) is 70.8 Å². The van der Waals surface area contributed by atoms with E-state index in [0.29, 0.717) is 23.9 Å². The highest BCUT2D eigenvalue weighted by Crippen LogP contribution is 2.36. The van der Waals surface area contributed by atoms with E-state index in [0.717, 1.165) is 93.9 Å². The fourth-order valence-corrected chi connectivity index (χ4v) is 5.49. The van der Waals surface area contributed by atoms with E-state index >= 15 is 0 Å². The monoisotopic (exact) mass is 692 g/mol. The van der Waals surface area contributed by atoms with Gasteiger partial charge in [-0.25, -0.2) is 9.97 Å². The Bertz CT molecular complexity index is 1770. The fourth-order valence-electron chi connectivity index (χ4n) is 5.49. The lowest BCUT2D eigenvalue weighted by Crippen LogP contribution is -2.46. The summed E-state index contributed by atoms with van der Waals surface area (Å²) in [6.07, 6.45) is 3.65. The van der Waals surface area contributed by atoms with Crippen LogP contribution in [0.5, 0.6) is 23.0 Å². The number of carbonyl (C=O) groups is 1. The number of hydrogen-bond donors (Lipinski definition) is 3. The highest BCUT2D eigenvalue weighted by Gasteiger charge is 2.22. The van der Waals surface area contributed by atoms with Gasteiger partial charge in [-0.15, -0.1) is 0 Å². The van der Waals surface area contributed by atoms with Gasteiger partial charge in [0.15, 0.2) is 29.3 Å². The molecule has 0 radical (unpaired) electrons. The maximum atomic E-state index is 11.4. The molecule has 0 amide bonds. The summed E-state index contributed by atoms with van der Waals surface area (Å²) in [6, 6.07) is 14.3. The Labute approximate surface area is 292 Å². The zero-order chi connectivity index (χ0) is 32.4. The highest BCUT2D eigenvalue weighted by molar-refractivity contribution is 5.81. The third kappa shape index (κ3) is 9.83. The average molecular weight is 693 g/mol. The summed E-state index contributed by atoms with van der Waals surface area (Å²) in [5, 5.41) is 3.24. The second-order valence-corrected chi connectivity index (χ2v) is 10.9. The second kappa shape index (κ2) is 19.0. The third-order valence-corrected chi connectivity index (χ3v) is 7.89. The number of anilines is 2. The fraction of sp³-hybridized carbons (Fsp3) is 0.400. The van der Waals surface area contributed by atoms with Crippen LogP contribution in [0.2, 0.25) is 0 Å². The normalized spacial score (nSPS) is 15.4. The highest BCUT2D eigenvalue weighted by atomic mass is 16.7. The number of aromatic amines is 2. The molecule has 2 fully saturated rings. The summed E-state index contributed by atoms with van der Waals surface area (Å²) >= 11 is 0. The van der Waals surface area contributed by atoms with Crippen molar-refractivity contribution >= 4 is 17.9 Å². The number of ether oxygens (including phenoxy) is 4. The number of rotatable bonds is 5. The minimum absolute atomic E-state index is 0. The maximum absolute atomic E-state index is 11.4. The molecule has 0 unspecified atom stereocenters. The van der Waals surface area contributed by atoms with Crippen molar-refractivity contribution in [2.75, 3.05) is 75.7 Å². The number of aldehydes is 1. The van der Waals surface area contributed by atoms with Crippen molar-refractivity contribution < 1.29 is 23.7 Å². The van der Waals surface area contributed by atoms with E-state index in [1.807, 2.05) is 12.1 Å². The molecular formula is C35H48N8O7. The zero-order valence-electron chi connectivity index (χ0n) is 25.7. The Hall–Kier alpha value is -5.41. The molecule has 0 bridgehead atoms. The number of nitrogens with zero attached hydrogens (tertiary/aromatic N) is 5. The third-order valence-electron chi connectivity index (χ3n) is 7.89. The number of aromatic nitrogens is 4. The zero-order valence-corrected chi connectivity index (χ0v) is 25.7. The Morgan fingerprint density at radius 1 is 0.680 bits per heavy atom. The van der Waals surface area contributed by atoms with Crippen molar-refractivity contribution in [1.29, 1.82) is 0 Å². The van der Waals surface area contributed by atoms with Crippen molar-refractivity contribution in [2.24, 2.45) is 0 Å². The molecule has 15 nitrogen and oxygen atoms in total. The summed E-state index contributed by atoms with van der Waals surface area (Å²) < 4.78 is 21.1. The van der Waals surface area contributed by atoms with Gasteiger partial charge in [-0.2, -0.15) is 0 Å². The average Bonchev–Trinajstić information content (AvgIpc) is 3.81. The number of benzene rings is 2. The molecule has 2 saturated heterocycles. The molecule has 0 saturated carbocycles. The molecule has 4 aliphatic rings. The molecule has 0 spiro atoms. The summed E-state index contributed by atoms with van der Waals surface area (Å²) in [6.45, 7) is 8.61. The van der Waals surface area contributed by atoms with Gasteiger partial charge in [-0.3, -0.25) is 19.3 Å². The lowest BCUT2D eigenvalue weighted by atomic mass is 10.1. The predicted molar refractivity (Wildman–Crippen MR) is 193 cm³/mol. The number of nitrogens with one attached hydrogen (secondary N) is 3. The smallest absolute Gasteiger partial charge is 0.252 e. The Morgan fingerprint density at radius 3 is 1.80 bits per heavy atom. The number of H-pyrrole nitrogens is 2. The predicted octanol–water partition coefficient (Wildman–Crippen LogP) is 3.14. The second-order valence-electron chi connectivity index (χ2n) is 10.9. The van der Waals surface area contributed by atoms with Crippen molar-refractivity contribution in [2.45, 2.75) is 28.8 Å². The van der Waals surface area contributed by atoms with Crippen LogP contribution >= 0.6 is 0 Å². The number of carbonyl (C=O) groups excluding carboxylic acids is 1. The van der Waals surface area contributed by atoms with Crippen LogP contribution in [0, 0.1) is 0 Å². The summed E-state index contributed by atoms with van der Waals surface area (Å²) in [5.74, 6) is 4.41. The minimum Gasteiger partial charge on any atom is -0.454 e. The Morgan fingerprint density at radius 2 is 1.22 bits per heavy atom. The molecule has 8 rings (SSSR count). The molecule has 2 aromatic heterocycles. The molecule has 4 aromatic rings. The summed E-state index contributed by atoms with van der Waals surface area (Å²) in [7, 11) is 0. The first kappa shape index (κ1) is 39.0. The standard InChI is InChI=1S/C16H18N4O3.C8H12N4O.C8H6O3.3CH4/c21-15-8-14(17-10-18-15)20-6-4-19(5-7-20)9-12-2-1-3-13-16(12)23-11-22-13;13-8-5-7(10-6-11-8)12-3-1-9-2-4-12;9-4-6-2-1-3-7-8(6)11-5-10-7;;;/h1-3,8,10H,4-7,9,11H2,(H,17,18,21);5-6,9H,1-4H2,(H,10,11,13);1-4H,5H2;3*1H4. The Balaban J connectivity index is 0.000000214. The SMILES string of the molecule is C.C.C.O=Cc1cccc2c1OCO2.O=c1cc(N2CCN(Cc3cccc4c3OCO4)CC2)nc[nH]1.O=c1cc(N2CCNCC2)nc[nH]1. The van der Waals surface area contributed by atoms with Gasteiger partial charge in [-0.1, -0.05) is 40.5 Å².